The second-order valence-electron chi connectivity index (χ2n) is 31.8. The van der Waals surface area contributed by atoms with E-state index in [1.165, 1.54) is 0 Å². The SMILES string of the molecule is CC(C)C(CO)C(CO)C(C)C.CC(C)C(COC(=O)c1ccccc1)C(COC(=O)c1ccccc1)C(C)C.CC(COC(=O)c1ccccc1)C(C)COC(=O)c1ccccc1.CCC(COC(=O)c1ccccc1)C(CC)COC(=O)c1ccccc1.CCCCC(COC(=O)c1ccccc1)C(CCCC)COC(=O)c1ccccc1. The van der Waals surface area contributed by atoms with Gasteiger partial charge in [-0.15, -0.1) is 0 Å². The zero-order valence-corrected chi connectivity index (χ0v) is 73.3. The van der Waals surface area contributed by atoms with Gasteiger partial charge < -0.3 is 48.1 Å². The van der Waals surface area contributed by atoms with Crippen LogP contribution in [0.15, 0.2) is 243 Å². The summed E-state index contributed by atoms with van der Waals surface area (Å²) in [6.07, 6.45) is 7.88. The van der Waals surface area contributed by atoms with Crippen molar-refractivity contribution in [2.24, 2.45) is 82.9 Å². The number of rotatable bonds is 43. The molecule has 0 spiro atoms. The van der Waals surface area contributed by atoms with Crippen LogP contribution in [0.1, 0.15) is 231 Å². The second-order valence-corrected chi connectivity index (χ2v) is 31.8. The summed E-state index contributed by atoms with van der Waals surface area (Å²) < 4.78 is 44.1. The van der Waals surface area contributed by atoms with Crippen molar-refractivity contribution in [3.05, 3.63) is 287 Å². The summed E-state index contributed by atoms with van der Waals surface area (Å²) in [6, 6.07) is 71.8. The molecule has 18 heteroatoms. The summed E-state index contributed by atoms with van der Waals surface area (Å²) in [5, 5.41) is 18.3. The molecule has 18 nitrogen and oxygen atoms in total. The first-order valence-electron chi connectivity index (χ1n) is 42.8. The maximum absolute atomic E-state index is 12.4. The fraction of sp³-hybridized carbons (Fsp3) is 0.451. The van der Waals surface area contributed by atoms with Crippen molar-refractivity contribution in [2.45, 2.75) is 148 Å². The van der Waals surface area contributed by atoms with E-state index in [0.29, 0.717) is 96.0 Å². The molecule has 0 radical (unpaired) electrons. The van der Waals surface area contributed by atoms with Crippen LogP contribution in [-0.4, -0.2) is 124 Å². The van der Waals surface area contributed by atoms with Crippen LogP contribution in [0.4, 0.5) is 0 Å². The number of hydrogen-bond acceptors (Lipinski definition) is 18. The molecule has 0 aliphatic carbocycles. The summed E-state index contributed by atoms with van der Waals surface area (Å²) in [5.74, 6) is 0.354. The quantitative estimate of drug-likeness (QED) is 0.0266. The van der Waals surface area contributed by atoms with Crippen LogP contribution >= 0.6 is 0 Å². The van der Waals surface area contributed by atoms with Crippen molar-refractivity contribution in [1.29, 1.82) is 0 Å². The zero-order valence-electron chi connectivity index (χ0n) is 73.3. The van der Waals surface area contributed by atoms with Crippen LogP contribution in [0, 0.1) is 82.9 Å². The molecule has 0 aliphatic rings. The van der Waals surface area contributed by atoms with Crippen molar-refractivity contribution in [3.63, 3.8) is 0 Å². The second kappa shape index (κ2) is 59.2. The minimum Gasteiger partial charge on any atom is -0.462 e. The van der Waals surface area contributed by atoms with Gasteiger partial charge in [0.1, 0.15) is 0 Å². The molecule has 0 bridgehead atoms. The highest BCUT2D eigenvalue weighted by Gasteiger charge is 2.32. The van der Waals surface area contributed by atoms with E-state index in [9.17, 15) is 38.4 Å². The Labute approximate surface area is 714 Å². The van der Waals surface area contributed by atoms with Gasteiger partial charge in [-0.1, -0.05) is 268 Å². The Bertz CT molecular complexity index is 3820. The lowest BCUT2D eigenvalue weighted by Crippen LogP contribution is -2.33. The maximum Gasteiger partial charge on any atom is 0.338 e. The molecule has 10 unspecified atom stereocenters. The molecule has 8 rings (SSSR count). The number of hydrogen-bond donors (Lipinski definition) is 2. The van der Waals surface area contributed by atoms with Gasteiger partial charge in [0.15, 0.2) is 0 Å². The van der Waals surface area contributed by atoms with Crippen molar-refractivity contribution >= 4 is 47.8 Å². The summed E-state index contributed by atoms with van der Waals surface area (Å²) in [4.78, 5) is 97.5. The first-order valence-corrected chi connectivity index (χ1v) is 42.8. The average Bonchev–Trinajstić information content (AvgIpc) is 0.853. The third-order valence-corrected chi connectivity index (χ3v) is 21.7. The molecule has 0 saturated heterocycles. The lowest BCUT2D eigenvalue weighted by Gasteiger charge is -2.32. The van der Waals surface area contributed by atoms with Gasteiger partial charge in [0.2, 0.25) is 0 Å². The number of benzene rings is 8. The lowest BCUT2D eigenvalue weighted by atomic mass is 9.78. The van der Waals surface area contributed by atoms with Gasteiger partial charge in [0.05, 0.1) is 97.4 Å². The zero-order chi connectivity index (χ0) is 88.0. The molecule has 8 aromatic carbocycles. The smallest absolute Gasteiger partial charge is 0.338 e. The largest absolute Gasteiger partial charge is 0.462 e. The van der Waals surface area contributed by atoms with Crippen LogP contribution in [0.25, 0.3) is 0 Å². The monoisotopic (exact) mass is 1650 g/mol. The molecule has 0 aromatic heterocycles. The fourth-order valence-electron chi connectivity index (χ4n) is 13.4. The Morgan fingerprint density at radius 3 is 0.558 bits per heavy atom. The Morgan fingerprint density at radius 1 is 0.233 bits per heavy atom. The Hall–Kier alpha value is -10.6. The van der Waals surface area contributed by atoms with Crippen LogP contribution in [-0.2, 0) is 37.9 Å². The van der Waals surface area contributed by atoms with E-state index in [4.69, 9.17) is 48.1 Å². The van der Waals surface area contributed by atoms with Gasteiger partial charge in [-0.3, -0.25) is 0 Å². The van der Waals surface area contributed by atoms with Crippen molar-refractivity contribution in [3.8, 4) is 0 Å². The normalized spacial score (nSPS) is 13.3. The lowest BCUT2D eigenvalue weighted by molar-refractivity contribution is 0.00523. The number of carbonyl (C=O) groups excluding carboxylic acids is 8. The number of aliphatic hydroxyl groups excluding tert-OH is 2. The fourth-order valence-corrected chi connectivity index (χ4v) is 13.4. The molecular weight excluding hydrogens is 1510 g/mol. The van der Waals surface area contributed by atoms with Crippen LogP contribution in [0.5, 0.6) is 0 Å². The molecule has 0 fully saturated rings. The van der Waals surface area contributed by atoms with Crippen molar-refractivity contribution in [1.82, 2.24) is 0 Å². The van der Waals surface area contributed by atoms with Crippen LogP contribution in [0.3, 0.4) is 0 Å². The molecule has 0 saturated carbocycles. The van der Waals surface area contributed by atoms with Crippen molar-refractivity contribution in [2.75, 3.05) is 66.1 Å². The number of ether oxygens (including phenoxy) is 8. The molecular formula is C102H134O18. The average molecular weight is 1650 g/mol. The molecule has 0 aliphatic heterocycles. The number of aliphatic hydroxyl groups is 2. The van der Waals surface area contributed by atoms with E-state index in [2.05, 4.69) is 83.1 Å². The van der Waals surface area contributed by atoms with E-state index < -0.39 is 0 Å². The standard InChI is InChI=1S/C26H34O4.C24H30O4.C22H26O4.C20H22O4.C10H22O2/c1-3-5-13-23(19-29-25(27)21-15-9-7-10-16-21)24(14-6-4-2)20-30-26(28)22-17-11-8-12-18-22;1-17(2)21(15-27-23(25)19-11-7-5-8-12-19)22(18(3)4)16-28-24(26)20-13-9-6-10-14-20;1-3-17(15-25-21(23)19-11-7-5-8-12-19)18(4-2)16-26-22(24)20-13-9-6-10-14-20;1-15(13-23-19(21)17-9-5-3-6-10-17)16(2)14-24-20(22)18-11-7-4-8-12-18;1-7(2)9(5-11)10(6-12)8(3)4/h7-12,15-18,23-24H,3-6,13-14,19-20H2,1-2H3;5-14,17-18,21-22H,15-16H2,1-4H3;5-14,17-18H,3-4,15-16H2,1-2H3;3-12,15-16H,13-14H2,1-2H3;7-12H,5-6H2,1-4H3. The van der Waals surface area contributed by atoms with Gasteiger partial charge in [0, 0.05) is 25.0 Å². The molecule has 0 amide bonds. The molecule has 0 heterocycles. The van der Waals surface area contributed by atoms with E-state index >= 15 is 0 Å². The highest BCUT2D eigenvalue weighted by Crippen LogP contribution is 2.31. The Kier molecular flexibility index (Phi) is 50.2. The van der Waals surface area contributed by atoms with E-state index in [1.54, 1.807) is 121 Å². The Balaban J connectivity index is 0.000000322. The van der Waals surface area contributed by atoms with Gasteiger partial charge in [-0.25, -0.2) is 38.4 Å². The van der Waals surface area contributed by atoms with Crippen LogP contribution in [0.2, 0.25) is 0 Å². The summed E-state index contributed by atoms with van der Waals surface area (Å²) in [7, 11) is 0. The predicted octanol–water partition coefficient (Wildman–Crippen LogP) is 21.8. The minimum absolute atomic E-state index is 0.0845. The molecule has 120 heavy (non-hydrogen) atoms. The summed E-state index contributed by atoms with van der Waals surface area (Å²) in [6.45, 7) is 32.1. The minimum atomic E-state index is -0.337. The van der Waals surface area contributed by atoms with Gasteiger partial charge in [0.25, 0.3) is 0 Å². The van der Waals surface area contributed by atoms with Gasteiger partial charge in [-0.2, -0.15) is 0 Å². The Morgan fingerprint density at radius 2 is 0.400 bits per heavy atom. The summed E-state index contributed by atoms with van der Waals surface area (Å²) in [5.41, 5.74) is 4.38. The molecule has 10 atom stereocenters. The first kappa shape index (κ1) is 102. The number of carbonyl (C=O) groups is 8. The highest BCUT2D eigenvalue weighted by atomic mass is 16.6. The van der Waals surface area contributed by atoms with E-state index in [1.807, 2.05) is 135 Å². The highest BCUT2D eigenvalue weighted by molar-refractivity contribution is 5.92. The van der Waals surface area contributed by atoms with Crippen molar-refractivity contribution < 1.29 is 86.5 Å². The maximum atomic E-state index is 12.4. The van der Waals surface area contributed by atoms with Gasteiger partial charge in [-0.05, 0) is 194 Å². The topological polar surface area (TPSA) is 251 Å². The number of esters is 8. The number of unbranched alkanes of at least 4 members (excludes halogenated alkanes) is 2. The molecule has 650 valence electrons. The summed E-state index contributed by atoms with van der Waals surface area (Å²) >= 11 is 0. The third kappa shape index (κ3) is 38.7. The van der Waals surface area contributed by atoms with Crippen LogP contribution < -0.4 is 0 Å². The third-order valence-electron chi connectivity index (χ3n) is 21.7. The molecule has 2 N–H and O–H groups in total. The molecule has 8 aromatic rings. The van der Waals surface area contributed by atoms with E-state index in [0.717, 1.165) is 51.4 Å². The predicted molar refractivity (Wildman–Crippen MR) is 473 cm³/mol. The van der Waals surface area contributed by atoms with Gasteiger partial charge >= 0.3 is 47.8 Å². The first-order chi connectivity index (χ1) is 57.8. The van der Waals surface area contributed by atoms with E-state index in [-0.39, 0.29) is 145 Å².